The van der Waals surface area contributed by atoms with E-state index in [4.69, 9.17) is 5.11 Å². The maximum absolute atomic E-state index is 9.91. The van der Waals surface area contributed by atoms with Crippen molar-refractivity contribution in [1.82, 2.24) is 10.2 Å². The number of hydrazone groups is 1. The van der Waals surface area contributed by atoms with Gasteiger partial charge in [0.15, 0.2) is 0 Å². The summed E-state index contributed by atoms with van der Waals surface area (Å²) in [5.41, 5.74) is 2.43. The van der Waals surface area contributed by atoms with Crippen LogP contribution in [0.4, 0.5) is 5.82 Å². The van der Waals surface area contributed by atoms with E-state index in [9.17, 15) is 4.79 Å². The quantitative estimate of drug-likeness (QED) is 0.418. The zero-order valence-corrected chi connectivity index (χ0v) is 5.48. The van der Waals surface area contributed by atoms with Crippen LogP contribution >= 0.6 is 0 Å². The Hall–Kier alpha value is -1.85. The first-order valence-electron chi connectivity index (χ1n) is 2.80. The normalized spacial score (nSPS) is 10.2. The van der Waals surface area contributed by atoms with Crippen molar-refractivity contribution < 1.29 is 9.90 Å². The predicted octanol–water partition coefficient (Wildman–Crippen LogP) is -0.108. The molecule has 0 saturated heterocycles. The Balaban J connectivity index is 2.40. The van der Waals surface area contributed by atoms with E-state index >= 15 is 0 Å². The monoisotopic (exact) mass is 154 g/mol. The van der Waals surface area contributed by atoms with Crippen LogP contribution < -0.4 is 5.43 Å². The van der Waals surface area contributed by atoms with Crippen LogP contribution in [0.5, 0.6) is 0 Å². The van der Waals surface area contributed by atoms with Crippen molar-refractivity contribution in [3.63, 3.8) is 0 Å². The van der Waals surface area contributed by atoms with Gasteiger partial charge in [0.25, 0.3) is 0 Å². The average molecular weight is 154 g/mol. The second-order valence-corrected chi connectivity index (χ2v) is 1.68. The number of aromatic amines is 1. The van der Waals surface area contributed by atoms with Crippen molar-refractivity contribution in [1.29, 1.82) is 0 Å². The molecule has 1 heterocycles. The molecule has 0 saturated carbocycles. The third kappa shape index (κ3) is 2.48. The van der Waals surface area contributed by atoms with Gasteiger partial charge in [-0.1, -0.05) is 0 Å². The Morgan fingerprint density at radius 2 is 2.73 bits per heavy atom. The molecule has 0 atom stereocenters. The molecule has 1 aromatic heterocycles. The largest absolute Gasteiger partial charge is 0.477 e. The van der Waals surface area contributed by atoms with Gasteiger partial charge in [0, 0.05) is 6.07 Å². The van der Waals surface area contributed by atoms with Crippen LogP contribution in [0.15, 0.2) is 17.4 Å². The Bertz CT molecular complexity index is 253. The van der Waals surface area contributed by atoms with Crippen LogP contribution in [0.25, 0.3) is 0 Å². The van der Waals surface area contributed by atoms with E-state index in [1.165, 1.54) is 6.20 Å². The van der Waals surface area contributed by atoms with Gasteiger partial charge in [-0.05, 0) is 0 Å². The highest BCUT2D eigenvalue weighted by Crippen LogP contribution is 1.96. The highest BCUT2D eigenvalue weighted by Gasteiger charge is 1.88. The lowest BCUT2D eigenvalue weighted by molar-refractivity contribution is -0.128. The minimum Gasteiger partial charge on any atom is -0.477 e. The first-order chi connectivity index (χ1) is 5.29. The molecule has 3 N–H and O–H groups in total. The highest BCUT2D eigenvalue weighted by atomic mass is 16.4. The third-order valence-electron chi connectivity index (χ3n) is 0.861. The molecule has 0 aliphatic carbocycles. The highest BCUT2D eigenvalue weighted by molar-refractivity contribution is 6.22. The van der Waals surface area contributed by atoms with Gasteiger partial charge < -0.3 is 5.11 Å². The van der Waals surface area contributed by atoms with Crippen LogP contribution in [0.2, 0.25) is 0 Å². The molecule has 11 heavy (non-hydrogen) atoms. The van der Waals surface area contributed by atoms with Crippen molar-refractivity contribution in [3.05, 3.63) is 12.3 Å². The van der Waals surface area contributed by atoms with Crippen LogP contribution in [0, 0.1) is 0 Å². The molecular formula is C5H6N4O2. The lowest BCUT2D eigenvalue weighted by Gasteiger charge is -1.90. The second-order valence-electron chi connectivity index (χ2n) is 1.68. The molecule has 0 bridgehead atoms. The Labute approximate surface area is 61.9 Å². The third-order valence-corrected chi connectivity index (χ3v) is 0.861. The molecule has 0 amide bonds. The molecule has 1 aromatic rings. The fourth-order valence-electron chi connectivity index (χ4n) is 0.475. The molecule has 0 radical (unpaired) electrons. The number of nitrogens with one attached hydrogen (secondary N) is 2. The standard InChI is InChI=1S/C5H6N4O2/c10-5(11)3-7-9-4-1-2-6-8-4/h1-3H,(H,10,11)(H2,6,8,9)/b7-3+. The minimum atomic E-state index is -1.10. The smallest absolute Gasteiger partial charge is 0.348 e. The van der Waals surface area contributed by atoms with Gasteiger partial charge in [-0.25, -0.2) is 4.79 Å². The molecule has 0 aliphatic rings. The summed E-state index contributed by atoms with van der Waals surface area (Å²) in [5, 5.41) is 17.6. The Morgan fingerprint density at radius 3 is 3.27 bits per heavy atom. The zero-order valence-electron chi connectivity index (χ0n) is 5.48. The summed E-state index contributed by atoms with van der Waals surface area (Å²) in [7, 11) is 0. The van der Waals surface area contributed by atoms with Gasteiger partial charge in [0.2, 0.25) is 0 Å². The average Bonchev–Trinajstić information content (AvgIpc) is 2.39. The van der Waals surface area contributed by atoms with Crippen LogP contribution in [0.3, 0.4) is 0 Å². The second kappa shape index (κ2) is 3.35. The molecular weight excluding hydrogens is 148 g/mol. The van der Waals surface area contributed by atoms with E-state index in [0.717, 1.165) is 6.21 Å². The number of carboxylic acids is 1. The molecule has 1 rings (SSSR count). The lowest BCUT2D eigenvalue weighted by atomic mass is 10.7. The summed E-state index contributed by atoms with van der Waals surface area (Å²) in [4.78, 5) is 9.91. The maximum atomic E-state index is 9.91. The number of nitrogens with zero attached hydrogens (tertiary/aromatic N) is 2. The Morgan fingerprint density at radius 1 is 1.91 bits per heavy atom. The number of rotatable bonds is 3. The number of hydrogen-bond acceptors (Lipinski definition) is 4. The molecule has 0 fully saturated rings. The summed E-state index contributed by atoms with van der Waals surface area (Å²) < 4.78 is 0. The topological polar surface area (TPSA) is 90.4 Å². The number of carbonyl (C=O) groups is 1. The summed E-state index contributed by atoms with van der Waals surface area (Å²) >= 11 is 0. The van der Waals surface area contributed by atoms with E-state index in [2.05, 4.69) is 20.7 Å². The SMILES string of the molecule is O=C(O)/C=N/Nc1ccn[nH]1. The van der Waals surface area contributed by atoms with Crippen LogP contribution in [-0.2, 0) is 4.79 Å². The van der Waals surface area contributed by atoms with E-state index in [-0.39, 0.29) is 0 Å². The van der Waals surface area contributed by atoms with Crippen molar-refractivity contribution >= 4 is 18.0 Å². The van der Waals surface area contributed by atoms with E-state index < -0.39 is 5.97 Å². The molecule has 0 aliphatic heterocycles. The number of H-pyrrole nitrogens is 1. The predicted molar refractivity (Wildman–Crippen MR) is 38.3 cm³/mol. The number of carboxylic acid groups (broad SMARTS) is 1. The van der Waals surface area contributed by atoms with Crippen molar-refractivity contribution in [3.8, 4) is 0 Å². The van der Waals surface area contributed by atoms with Crippen LogP contribution in [0.1, 0.15) is 0 Å². The van der Waals surface area contributed by atoms with E-state index in [1.54, 1.807) is 6.07 Å². The number of aromatic nitrogens is 2. The number of hydrogen-bond donors (Lipinski definition) is 3. The summed E-state index contributed by atoms with van der Waals surface area (Å²) in [6.45, 7) is 0. The van der Waals surface area contributed by atoms with Gasteiger partial charge in [0.05, 0.1) is 6.20 Å². The van der Waals surface area contributed by atoms with E-state index in [1.807, 2.05) is 0 Å². The van der Waals surface area contributed by atoms with Crippen molar-refractivity contribution in [2.24, 2.45) is 5.10 Å². The molecule has 6 nitrogen and oxygen atoms in total. The van der Waals surface area contributed by atoms with Crippen molar-refractivity contribution in [2.75, 3.05) is 5.43 Å². The number of aliphatic carboxylic acids is 1. The molecule has 0 aromatic carbocycles. The number of anilines is 1. The van der Waals surface area contributed by atoms with Gasteiger partial charge in [-0.3, -0.25) is 10.5 Å². The summed E-state index contributed by atoms with van der Waals surface area (Å²) in [6.07, 6.45) is 2.28. The zero-order chi connectivity index (χ0) is 8.10. The van der Waals surface area contributed by atoms with Gasteiger partial charge in [0.1, 0.15) is 12.0 Å². The summed E-state index contributed by atoms with van der Waals surface area (Å²) in [5.74, 6) is -0.556. The fourth-order valence-corrected chi connectivity index (χ4v) is 0.475. The van der Waals surface area contributed by atoms with Gasteiger partial charge in [-0.2, -0.15) is 10.2 Å². The van der Waals surface area contributed by atoms with E-state index in [0.29, 0.717) is 5.82 Å². The molecule has 6 heteroatoms. The Kier molecular flexibility index (Phi) is 2.21. The summed E-state index contributed by atoms with van der Waals surface area (Å²) in [6, 6.07) is 1.62. The molecule has 0 unspecified atom stereocenters. The van der Waals surface area contributed by atoms with Crippen molar-refractivity contribution in [2.45, 2.75) is 0 Å². The van der Waals surface area contributed by atoms with Gasteiger partial charge >= 0.3 is 5.97 Å². The van der Waals surface area contributed by atoms with Crippen LogP contribution in [-0.4, -0.2) is 27.5 Å². The molecule has 58 valence electrons. The lowest BCUT2D eigenvalue weighted by Crippen LogP contribution is -1.98. The fraction of sp³-hybridized carbons (Fsp3) is 0. The minimum absolute atomic E-state index is 0.544. The molecule has 0 spiro atoms. The van der Waals surface area contributed by atoms with Gasteiger partial charge in [-0.15, -0.1) is 0 Å². The first-order valence-corrected chi connectivity index (χ1v) is 2.80. The maximum Gasteiger partial charge on any atom is 0.348 e. The first kappa shape index (κ1) is 7.26.